The van der Waals surface area contributed by atoms with Crippen molar-refractivity contribution in [3.8, 4) is 22.8 Å². The number of benzene rings is 1. The van der Waals surface area contributed by atoms with Gasteiger partial charge in [-0.2, -0.15) is 0 Å². The van der Waals surface area contributed by atoms with E-state index in [1.165, 1.54) is 24.5 Å². The third-order valence-electron chi connectivity index (χ3n) is 5.00. The van der Waals surface area contributed by atoms with Crippen LogP contribution in [0.25, 0.3) is 16.8 Å². The molecule has 0 radical (unpaired) electrons. The molecule has 2 aliphatic rings. The molecule has 0 spiro atoms. The van der Waals surface area contributed by atoms with Gasteiger partial charge in [-0.1, -0.05) is 0 Å². The van der Waals surface area contributed by atoms with E-state index in [1.54, 1.807) is 11.0 Å². The number of aromatic hydroxyl groups is 2. The molecule has 4 rings (SSSR count). The fourth-order valence-corrected chi connectivity index (χ4v) is 3.59. The van der Waals surface area contributed by atoms with Gasteiger partial charge in [0.05, 0.1) is 35.9 Å². The maximum atomic E-state index is 13.1. The number of nitrogens with zero attached hydrogens (tertiary/aromatic N) is 3. The Hall–Kier alpha value is -3.23. The molecule has 1 fully saturated rings. The Morgan fingerprint density at radius 3 is 2.50 bits per heavy atom. The maximum Gasteiger partial charge on any atom is 0.248 e. The van der Waals surface area contributed by atoms with Gasteiger partial charge in [-0.25, -0.2) is 13.8 Å². The molecule has 1 saturated carbocycles. The zero-order valence-corrected chi connectivity index (χ0v) is 14.7. The standard InChI is InChI=1S/C19H18F2N4O3/c20-19(21)4-10(5-19)8-25-9-16(28)17(18(25)22)13-7-23-6-12(24-13)11-1-2-14(26)15(27)3-11/h1-3,6-7,10,22,26-28H,4-5,8-9H2. The summed E-state index contributed by atoms with van der Waals surface area (Å²) in [4.78, 5) is 10.1. The van der Waals surface area contributed by atoms with Gasteiger partial charge in [-0.05, 0) is 24.1 Å². The summed E-state index contributed by atoms with van der Waals surface area (Å²) in [6, 6.07) is 4.21. The summed E-state index contributed by atoms with van der Waals surface area (Å²) >= 11 is 0. The maximum absolute atomic E-state index is 13.1. The van der Waals surface area contributed by atoms with Crippen molar-refractivity contribution >= 4 is 11.4 Å². The molecule has 0 unspecified atom stereocenters. The number of alkyl halides is 2. The lowest BCUT2D eigenvalue weighted by Gasteiger charge is -2.37. The molecule has 146 valence electrons. The van der Waals surface area contributed by atoms with E-state index in [2.05, 4.69) is 9.97 Å². The van der Waals surface area contributed by atoms with Crippen LogP contribution in [0.3, 0.4) is 0 Å². The highest BCUT2D eigenvalue weighted by Crippen LogP contribution is 2.43. The fraction of sp³-hybridized carbons (Fsp3) is 0.316. The number of phenols is 2. The van der Waals surface area contributed by atoms with Crippen LogP contribution in [0.1, 0.15) is 18.5 Å². The molecule has 1 aromatic heterocycles. The average molecular weight is 388 g/mol. The van der Waals surface area contributed by atoms with Crippen molar-refractivity contribution in [2.24, 2.45) is 5.92 Å². The van der Waals surface area contributed by atoms with E-state index in [0.717, 1.165) is 0 Å². The Labute approximate surface area is 159 Å². The summed E-state index contributed by atoms with van der Waals surface area (Å²) in [5, 5.41) is 37.8. The van der Waals surface area contributed by atoms with Gasteiger partial charge in [0, 0.05) is 24.9 Å². The molecule has 9 heteroatoms. The largest absolute Gasteiger partial charge is 0.510 e. The molecule has 0 atom stereocenters. The van der Waals surface area contributed by atoms with E-state index in [4.69, 9.17) is 5.41 Å². The Morgan fingerprint density at radius 1 is 1.11 bits per heavy atom. The van der Waals surface area contributed by atoms with Crippen molar-refractivity contribution in [2.45, 2.75) is 18.8 Å². The molecule has 4 N–H and O–H groups in total. The number of nitrogens with one attached hydrogen (secondary N) is 1. The molecule has 2 aromatic rings. The molecule has 2 heterocycles. The van der Waals surface area contributed by atoms with Crippen LogP contribution >= 0.6 is 0 Å². The lowest BCUT2D eigenvalue weighted by atomic mass is 9.81. The first-order chi connectivity index (χ1) is 13.2. The highest BCUT2D eigenvalue weighted by Gasteiger charge is 2.46. The third kappa shape index (κ3) is 3.23. The fourth-order valence-electron chi connectivity index (χ4n) is 3.59. The van der Waals surface area contributed by atoms with E-state index in [1.807, 2.05) is 0 Å². The van der Waals surface area contributed by atoms with Crippen molar-refractivity contribution in [2.75, 3.05) is 13.1 Å². The van der Waals surface area contributed by atoms with E-state index in [-0.39, 0.29) is 66.2 Å². The SMILES string of the molecule is N=C1C(c2cncc(-c3ccc(O)c(O)c3)n2)=C(O)CN1CC1CC(F)(F)C1. The predicted octanol–water partition coefficient (Wildman–Crippen LogP) is 3.16. The summed E-state index contributed by atoms with van der Waals surface area (Å²) in [5.41, 5.74) is 1.37. The lowest BCUT2D eigenvalue weighted by Crippen LogP contribution is -2.43. The number of rotatable bonds is 4. The lowest BCUT2D eigenvalue weighted by molar-refractivity contribution is -0.113. The highest BCUT2D eigenvalue weighted by molar-refractivity contribution is 6.23. The molecular formula is C19H18F2N4O3. The van der Waals surface area contributed by atoms with Gasteiger partial charge in [0.1, 0.15) is 11.6 Å². The number of halogens is 2. The minimum Gasteiger partial charge on any atom is -0.510 e. The summed E-state index contributed by atoms with van der Waals surface area (Å²) in [6.07, 6.45) is 2.46. The minimum atomic E-state index is -2.62. The van der Waals surface area contributed by atoms with Crippen LogP contribution in [0.15, 0.2) is 36.4 Å². The monoisotopic (exact) mass is 388 g/mol. The van der Waals surface area contributed by atoms with Crippen molar-refractivity contribution in [3.05, 3.63) is 42.0 Å². The zero-order chi connectivity index (χ0) is 20.1. The molecule has 0 saturated heterocycles. The number of phenolic OH excluding ortho intramolecular Hbond substituents is 2. The van der Waals surface area contributed by atoms with Gasteiger partial charge in [-0.15, -0.1) is 0 Å². The quantitative estimate of drug-likeness (QED) is 0.599. The van der Waals surface area contributed by atoms with Crippen molar-refractivity contribution in [3.63, 3.8) is 0 Å². The van der Waals surface area contributed by atoms with Gasteiger partial charge in [-0.3, -0.25) is 10.4 Å². The van der Waals surface area contributed by atoms with Gasteiger partial charge in [0.15, 0.2) is 11.5 Å². The molecule has 28 heavy (non-hydrogen) atoms. The topological polar surface area (TPSA) is 114 Å². The second-order valence-corrected chi connectivity index (χ2v) is 7.17. The van der Waals surface area contributed by atoms with Crippen molar-refractivity contribution in [1.29, 1.82) is 5.41 Å². The Balaban J connectivity index is 1.56. The number of aromatic nitrogens is 2. The van der Waals surface area contributed by atoms with E-state index in [9.17, 15) is 24.1 Å². The van der Waals surface area contributed by atoms with Crippen LogP contribution in [0, 0.1) is 11.3 Å². The van der Waals surface area contributed by atoms with Crippen LogP contribution in [0.4, 0.5) is 8.78 Å². The van der Waals surface area contributed by atoms with Gasteiger partial charge in [0.2, 0.25) is 5.92 Å². The molecule has 7 nitrogen and oxygen atoms in total. The predicted molar refractivity (Wildman–Crippen MR) is 97.3 cm³/mol. The molecule has 1 aliphatic carbocycles. The summed E-state index contributed by atoms with van der Waals surface area (Å²) in [7, 11) is 0. The number of aliphatic hydroxyl groups is 1. The number of hydrogen-bond acceptors (Lipinski definition) is 6. The van der Waals surface area contributed by atoms with E-state index < -0.39 is 5.92 Å². The first kappa shape index (κ1) is 18.1. The molecule has 1 aromatic carbocycles. The zero-order valence-electron chi connectivity index (χ0n) is 14.7. The van der Waals surface area contributed by atoms with Gasteiger partial charge < -0.3 is 20.2 Å². The van der Waals surface area contributed by atoms with Crippen molar-refractivity contribution in [1.82, 2.24) is 14.9 Å². The number of amidine groups is 1. The van der Waals surface area contributed by atoms with Crippen LogP contribution in [0.2, 0.25) is 0 Å². The van der Waals surface area contributed by atoms with E-state index >= 15 is 0 Å². The van der Waals surface area contributed by atoms with Crippen molar-refractivity contribution < 1.29 is 24.1 Å². The van der Waals surface area contributed by atoms with Gasteiger partial charge in [0.25, 0.3) is 0 Å². The first-order valence-electron chi connectivity index (χ1n) is 8.72. The Kier molecular flexibility index (Phi) is 4.17. The highest BCUT2D eigenvalue weighted by atomic mass is 19.3. The Morgan fingerprint density at radius 2 is 1.82 bits per heavy atom. The summed E-state index contributed by atoms with van der Waals surface area (Å²) < 4.78 is 26.1. The second kappa shape index (κ2) is 6.43. The van der Waals surface area contributed by atoms with Crippen LogP contribution < -0.4 is 0 Å². The summed E-state index contributed by atoms with van der Waals surface area (Å²) in [6.45, 7) is 0.350. The van der Waals surface area contributed by atoms with Crippen LogP contribution in [0.5, 0.6) is 11.5 Å². The van der Waals surface area contributed by atoms with Crippen LogP contribution in [-0.4, -0.2) is 55.0 Å². The average Bonchev–Trinajstić information content (AvgIpc) is 2.89. The van der Waals surface area contributed by atoms with E-state index in [0.29, 0.717) is 11.3 Å². The summed E-state index contributed by atoms with van der Waals surface area (Å²) in [5.74, 6) is -3.43. The first-order valence-corrected chi connectivity index (χ1v) is 8.72. The van der Waals surface area contributed by atoms with Gasteiger partial charge >= 0.3 is 0 Å². The van der Waals surface area contributed by atoms with Crippen LogP contribution in [-0.2, 0) is 0 Å². The minimum absolute atomic E-state index is 0.0210. The second-order valence-electron chi connectivity index (χ2n) is 7.17. The third-order valence-corrected chi connectivity index (χ3v) is 5.00. The number of hydrogen-bond donors (Lipinski definition) is 4. The molecule has 0 bridgehead atoms. The Bertz CT molecular complexity index is 985. The normalized spacial score (nSPS) is 19.2. The number of aliphatic hydroxyl groups excluding tert-OH is 1. The smallest absolute Gasteiger partial charge is 0.248 e. The molecular weight excluding hydrogens is 370 g/mol. The molecule has 0 amide bonds. The molecule has 1 aliphatic heterocycles.